The van der Waals surface area contributed by atoms with Crippen molar-refractivity contribution >= 4 is 39.5 Å². The van der Waals surface area contributed by atoms with Crippen molar-refractivity contribution in [1.29, 1.82) is 0 Å². The van der Waals surface area contributed by atoms with E-state index in [4.69, 9.17) is 9.47 Å². The topological polar surface area (TPSA) is 82.6 Å². The van der Waals surface area contributed by atoms with E-state index in [9.17, 15) is 14.4 Å². The van der Waals surface area contributed by atoms with E-state index < -0.39 is 11.2 Å². The van der Waals surface area contributed by atoms with Crippen LogP contribution in [0.4, 0.5) is 10.5 Å². The Bertz CT molecular complexity index is 1500. The number of piperidine rings is 1. The lowest BCUT2D eigenvalue weighted by Gasteiger charge is -2.37. The van der Waals surface area contributed by atoms with Crippen molar-refractivity contribution in [3.8, 4) is 5.75 Å². The first-order valence-corrected chi connectivity index (χ1v) is 18.4. The third-order valence-corrected chi connectivity index (χ3v) is 10.7. The molecule has 0 radical (unpaired) electrons. The summed E-state index contributed by atoms with van der Waals surface area (Å²) >= 11 is 3.51. The second-order valence-electron chi connectivity index (χ2n) is 15.8. The average molecular weight is 724 g/mol. The number of carbonyl (C=O) groups is 3. The van der Waals surface area contributed by atoms with Crippen LogP contribution in [0, 0.1) is 11.3 Å². The third kappa shape index (κ3) is 8.12. The Balaban J connectivity index is 1.06. The normalized spacial score (nSPS) is 23.0. The molecule has 6 rings (SSSR count). The zero-order chi connectivity index (χ0) is 34.3. The highest BCUT2D eigenvalue weighted by atomic mass is 79.9. The molecule has 1 spiro atoms. The van der Waals surface area contributed by atoms with Gasteiger partial charge >= 0.3 is 6.09 Å². The minimum absolute atomic E-state index is 0.0462. The van der Waals surface area contributed by atoms with Crippen molar-refractivity contribution < 1.29 is 23.9 Å². The van der Waals surface area contributed by atoms with Gasteiger partial charge in [0.25, 0.3) is 5.91 Å². The monoisotopic (exact) mass is 722 g/mol. The number of nitrogens with zero attached hydrogens (tertiary/aromatic N) is 4. The predicted molar refractivity (Wildman–Crippen MR) is 190 cm³/mol. The smallest absolute Gasteiger partial charge is 0.410 e. The van der Waals surface area contributed by atoms with E-state index in [1.807, 2.05) is 69.9 Å². The fourth-order valence-electron chi connectivity index (χ4n) is 7.53. The van der Waals surface area contributed by atoms with Crippen molar-refractivity contribution in [3.63, 3.8) is 0 Å². The SMILES string of the molecule is CC(C)(C)OC(=O)N1CCC2(CCN(C(=O)C(C)(C)Oc3cccc(N4CCC[C@@H](C(=O)N(Cc5ccc(Br)cc5)C5CC5)C4)c3)C2)C1. The van der Waals surface area contributed by atoms with Gasteiger partial charge in [0.1, 0.15) is 11.4 Å². The van der Waals surface area contributed by atoms with Crippen LogP contribution in [0.2, 0.25) is 0 Å². The molecule has 48 heavy (non-hydrogen) atoms. The molecule has 260 valence electrons. The number of hydrogen-bond acceptors (Lipinski definition) is 6. The number of amides is 3. The lowest BCUT2D eigenvalue weighted by Crippen LogP contribution is -2.49. The standard InChI is InChI=1S/C38H51BrN4O5/c1-36(2,3)48-35(46)42-21-18-38(26-42)17-20-41(25-38)34(45)37(4,5)47-32-10-6-9-31(22-32)40-19-7-8-28(24-40)33(44)43(30-15-16-30)23-27-11-13-29(39)14-12-27/h6,9-14,22,28,30H,7-8,15-21,23-26H2,1-5H3/t28-,38?/m1/s1. The molecule has 1 aliphatic carbocycles. The first-order chi connectivity index (χ1) is 22.7. The quantitative estimate of drug-likeness (QED) is 0.296. The van der Waals surface area contributed by atoms with Crippen LogP contribution >= 0.6 is 15.9 Å². The lowest BCUT2D eigenvalue weighted by atomic mass is 9.86. The number of likely N-dealkylation sites (tertiary alicyclic amines) is 2. The van der Waals surface area contributed by atoms with Gasteiger partial charge in [0, 0.05) is 73.5 Å². The van der Waals surface area contributed by atoms with Crippen LogP contribution in [0.3, 0.4) is 0 Å². The molecular weight excluding hydrogens is 672 g/mol. The molecule has 0 aromatic heterocycles. The number of benzene rings is 2. The number of rotatable bonds is 8. The molecule has 0 N–H and O–H groups in total. The summed E-state index contributed by atoms with van der Waals surface area (Å²) in [4.78, 5) is 48.5. The number of anilines is 1. The van der Waals surface area contributed by atoms with Gasteiger partial charge in [0.15, 0.2) is 5.60 Å². The van der Waals surface area contributed by atoms with Crippen molar-refractivity contribution in [1.82, 2.24) is 14.7 Å². The molecule has 3 amide bonds. The zero-order valence-electron chi connectivity index (χ0n) is 29.2. The van der Waals surface area contributed by atoms with E-state index in [1.165, 1.54) is 0 Å². The van der Waals surface area contributed by atoms with E-state index >= 15 is 0 Å². The molecule has 0 bridgehead atoms. The van der Waals surface area contributed by atoms with Crippen LogP contribution in [0.25, 0.3) is 0 Å². The fraction of sp³-hybridized carbons (Fsp3) is 0.605. The maximum Gasteiger partial charge on any atom is 0.410 e. The molecule has 9 nitrogen and oxygen atoms in total. The highest BCUT2D eigenvalue weighted by Gasteiger charge is 2.49. The molecule has 2 atom stereocenters. The molecule has 10 heteroatoms. The summed E-state index contributed by atoms with van der Waals surface area (Å²) in [6, 6.07) is 16.5. The van der Waals surface area contributed by atoms with Gasteiger partial charge in [-0.15, -0.1) is 0 Å². The van der Waals surface area contributed by atoms with Gasteiger partial charge in [-0.2, -0.15) is 0 Å². The largest absolute Gasteiger partial charge is 0.478 e. The van der Waals surface area contributed by atoms with Gasteiger partial charge in [-0.25, -0.2) is 4.79 Å². The van der Waals surface area contributed by atoms with E-state index in [1.54, 1.807) is 4.90 Å². The second kappa shape index (κ2) is 13.6. The van der Waals surface area contributed by atoms with E-state index in [-0.39, 0.29) is 29.2 Å². The van der Waals surface area contributed by atoms with Crippen molar-refractivity contribution in [2.24, 2.45) is 11.3 Å². The van der Waals surface area contributed by atoms with Gasteiger partial charge in [-0.1, -0.05) is 34.1 Å². The van der Waals surface area contributed by atoms with Gasteiger partial charge in [0.05, 0.1) is 5.92 Å². The van der Waals surface area contributed by atoms with Crippen LogP contribution < -0.4 is 9.64 Å². The summed E-state index contributed by atoms with van der Waals surface area (Å²) in [6.07, 6.45) is 5.44. The Morgan fingerprint density at radius 2 is 1.60 bits per heavy atom. The maximum atomic E-state index is 13.9. The van der Waals surface area contributed by atoms with Crippen molar-refractivity contribution in [2.45, 2.75) is 96.9 Å². The minimum Gasteiger partial charge on any atom is -0.478 e. The molecule has 1 saturated carbocycles. The molecule has 3 aliphatic heterocycles. The maximum absolute atomic E-state index is 13.9. The van der Waals surface area contributed by atoms with Gasteiger partial charge < -0.3 is 29.1 Å². The molecule has 2 aromatic carbocycles. The Kier molecular flexibility index (Phi) is 9.77. The number of halogens is 1. The molecule has 4 aliphatic rings. The first kappa shape index (κ1) is 34.6. The molecule has 3 heterocycles. The molecular formula is C38H51BrN4O5. The van der Waals surface area contributed by atoms with Crippen molar-refractivity contribution in [2.75, 3.05) is 44.2 Å². The van der Waals surface area contributed by atoms with Crippen molar-refractivity contribution in [3.05, 3.63) is 58.6 Å². The van der Waals surface area contributed by atoms with E-state index in [0.717, 1.165) is 60.8 Å². The zero-order valence-corrected chi connectivity index (χ0v) is 30.8. The van der Waals surface area contributed by atoms with Gasteiger partial charge in [-0.3, -0.25) is 9.59 Å². The molecule has 2 aromatic rings. The van der Waals surface area contributed by atoms with Crippen LogP contribution in [0.5, 0.6) is 5.75 Å². The molecule has 1 unspecified atom stereocenters. The summed E-state index contributed by atoms with van der Waals surface area (Å²) in [5.74, 6) is 0.793. The minimum atomic E-state index is -1.06. The van der Waals surface area contributed by atoms with E-state index in [2.05, 4.69) is 43.9 Å². The number of ether oxygens (including phenoxy) is 2. The van der Waals surface area contributed by atoms with Crippen LogP contribution in [0.1, 0.15) is 78.7 Å². The Labute approximate surface area is 294 Å². The Morgan fingerprint density at radius 3 is 2.29 bits per heavy atom. The highest BCUT2D eigenvalue weighted by molar-refractivity contribution is 9.10. The average Bonchev–Trinajstić information content (AvgIpc) is 3.67. The first-order valence-electron chi connectivity index (χ1n) is 17.6. The second-order valence-corrected chi connectivity index (χ2v) is 16.8. The summed E-state index contributed by atoms with van der Waals surface area (Å²) in [5.41, 5.74) is 0.466. The van der Waals surface area contributed by atoms with Gasteiger partial charge in [0.2, 0.25) is 5.91 Å². The Morgan fingerprint density at radius 1 is 0.917 bits per heavy atom. The summed E-state index contributed by atoms with van der Waals surface area (Å²) in [7, 11) is 0. The lowest BCUT2D eigenvalue weighted by molar-refractivity contribution is -0.144. The summed E-state index contributed by atoms with van der Waals surface area (Å²) in [6.45, 7) is 14.0. The number of carbonyl (C=O) groups excluding carboxylic acids is 3. The third-order valence-electron chi connectivity index (χ3n) is 10.2. The molecule has 3 saturated heterocycles. The van der Waals surface area contributed by atoms with Crippen LogP contribution in [-0.4, -0.2) is 89.1 Å². The molecule has 4 fully saturated rings. The van der Waals surface area contributed by atoms with Crippen LogP contribution in [0.15, 0.2) is 53.0 Å². The Hall–Kier alpha value is -3.27. The summed E-state index contributed by atoms with van der Waals surface area (Å²) < 4.78 is 13.1. The van der Waals surface area contributed by atoms with Gasteiger partial charge in [-0.05, 0) is 103 Å². The summed E-state index contributed by atoms with van der Waals surface area (Å²) in [5, 5.41) is 0. The van der Waals surface area contributed by atoms with E-state index in [0.29, 0.717) is 51.1 Å². The van der Waals surface area contributed by atoms with Crippen LogP contribution in [-0.2, 0) is 20.9 Å². The fourth-order valence-corrected chi connectivity index (χ4v) is 7.79. The number of hydrogen-bond donors (Lipinski definition) is 0. The predicted octanol–water partition coefficient (Wildman–Crippen LogP) is 6.87. The highest BCUT2D eigenvalue weighted by Crippen LogP contribution is 2.41.